The van der Waals surface area contributed by atoms with Crippen molar-refractivity contribution in [2.75, 3.05) is 7.11 Å². The maximum atomic E-state index is 11.4. The maximum Gasteiger partial charge on any atom is 0.338 e. The van der Waals surface area contributed by atoms with Crippen molar-refractivity contribution >= 4 is 12.3 Å². The van der Waals surface area contributed by atoms with Crippen LogP contribution in [0.3, 0.4) is 0 Å². The first kappa shape index (κ1) is 12.8. The highest BCUT2D eigenvalue weighted by molar-refractivity contribution is 5.89. The molecule has 2 rings (SSSR count). The molecular formula is C14H11NO4. The molecule has 0 bridgehead atoms. The van der Waals surface area contributed by atoms with Crippen LogP contribution >= 0.6 is 0 Å². The predicted octanol–water partition coefficient (Wildman–Crippen LogP) is 2.47. The third-order valence-corrected chi connectivity index (χ3v) is 2.39. The SMILES string of the molecule is COC(=O)c1ccnc(Oc2ccc(C=O)cc2)c1. The van der Waals surface area contributed by atoms with Crippen LogP contribution < -0.4 is 4.74 Å². The Morgan fingerprint density at radius 2 is 1.95 bits per heavy atom. The van der Waals surface area contributed by atoms with E-state index in [9.17, 15) is 9.59 Å². The number of aromatic nitrogens is 1. The van der Waals surface area contributed by atoms with Gasteiger partial charge in [-0.3, -0.25) is 4.79 Å². The maximum absolute atomic E-state index is 11.4. The molecular weight excluding hydrogens is 246 g/mol. The second-order valence-electron chi connectivity index (χ2n) is 3.66. The highest BCUT2D eigenvalue weighted by Crippen LogP contribution is 2.20. The Kier molecular flexibility index (Phi) is 3.87. The molecule has 0 amide bonds. The molecule has 0 aliphatic heterocycles. The molecule has 0 spiro atoms. The van der Waals surface area contributed by atoms with Crippen molar-refractivity contribution in [2.45, 2.75) is 0 Å². The minimum absolute atomic E-state index is 0.279. The second-order valence-corrected chi connectivity index (χ2v) is 3.66. The van der Waals surface area contributed by atoms with Gasteiger partial charge in [-0.1, -0.05) is 0 Å². The van der Waals surface area contributed by atoms with Crippen molar-refractivity contribution in [1.82, 2.24) is 4.98 Å². The Morgan fingerprint density at radius 1 is 1.21 bits per heavy atom. The predicted molar refractivity (Wildman–Crippen MR) is 67.5 cm³/mol. The van der Waals surface area contributed by atoms with Gasteiger partial charge in [-0.15, -0.1) is 0 Å². The lowest BCUT2D eigenvalue weighted by Gasteiger charge is -2.05. The van der Waals surface area contributed by atoms with E-state index in [0.717, 1.165) is 6.29 Å². The molecule has 19 heavy (non-hydrogen) atoms. The fraction of sp³-hybridized carbons (Fsp3) is 0.0714. The number of methoxy groups -OCH3 is 1. The Balaban J connectivity index is 2.18. The molecule has 96 valence electrons. The molecule has 5 nitrogen and oxygen atoms in total. The Hall–Kier alpha value is -2.69. The zero-order valence-corrected chi connectivity index (χ0v) is 10.2. The molecule has 0 radical (unpaired) electrons. The first-order chi connectivity index (χ1) is 9.22. The number of hydrogen-bond acceptors (Lipinski definition) is 5. The summed E-state index contributed by atoms with van der Waals surface area (Å²) in [5, 5.41) is 0. The van der Waals surface area contributed by atoms with Crippen LogP contribution in [0.25, 0.3) is 0 Å². The van der Waals surface area contributed by atoms with E-state index in [1.807, 2.05) is 0 Å². The van der Waals surface area contributed by atoms with Crippen LogP contribution in [-0.2, 0) is 4.74 Å². The van der Waals surface area contributed by atoms with E-state index >= 15 is 0 Å². The van der Waals surface area contributed by atoms with Gasteiger partial charge in [-0.25, -0.2) is 9.78 Å². The van der Waals surface area contributed by atoms with Crippen molar-refractivity contribution in [3.05, 3.63) is 53.7 Å². The first-order valence-corrected chi connectivity index (χ1v) is 5.50. The number of esters is 1. The monoisotopic (exact) mass is 257 g/mol. The number of benzene rings is 1. The highest BCUT2D eigenvalue weighted by Gasteiger charge is 2.07. The van der Waals surface area contributed by atoms with Gasteiger partial charge >= 0.3 is 5.97 Å². The molecule has 0 aliphatic carbocycles. The summed E-state index contributed by atoms with van der Waals surface area (Å²) in [6, 6.07) is 9.58. The fourth-order valence-corrected chi connectivity index (χ4v) is 1.45. The van der Waals surface area contributed by atoms with Gasteiger partial charge in [0.05, 0.1) is 12.7 Å². The molecule has 2 aromatic rings. The molecule has 0 atom stereocenters. The Morgan fingerprint density at radius 3 is 2.58 bits per heavy atom. The molecule has 1 aromatic heterocycles. The summed E-state index contributed by atoms with van der Waals surface area (Å²) in [7, 11) is 1.31. The zero-order chi connectivity index (χ0) is 13.7. The summed E-state index contributed by atoms with van der Waals surface area (Å²) >= 11 is 0. The number of carbonyl (C=O) groups is 2. The number of nitrogens with zero attached hydrogens (tertiary/aromatic N) is 1. The van der Waals surface area contributed by atoms with E-state index < -0.39 is 5.97 Å². The van der Waals surface area contributed by atoms with Gasteiger partial charge in [0.1, 0.15) is 12.0 Å². The van der Waals surface area contributed by atoms with E-state index in [-0.39, 0.29) is 5.88 Å². The summed E-state index contributed by atoms with van der Waals surface area (Å²) < 4.78 is 10.1. The van der Waals surface area contributed by atoms with Crippen molar-refractivity contribution in [3.63, 3.8) is 0 Å². The van der Waals surface area contributed by atoms with E-state index in [0.29, 0.717) is 16.9 Å². The fourth-order valence-electron chi connectivity index (χ4n) is 1.45. The quantitative estimate of drug-likeness (QED) is 0.621. The molecule has 5 heteroatoms. The summed E-state index contributed by atoms with van der Waals surface area (Å²) in [5.74, 6) is 0.352. The molecule has 0 aliphatic rings. The van der Waals surface area contributed by atoms with Gasteiger partial charge in [-0.2, -0.15) is 0 Å². The number of ether oxygens (including phenoxy) is 2. The van der Waals surface area contributed by atoms with Crippen LogP contribution in [0.15, 0.2) is 42.6 Å². The average molecular weight is 257 g/mol. The standard InChI is InChI=1S/C14H11NO4/c1-18-14(17)11-6-7-15-13(8-11)19-12-4-2-10(9-16)3-5-12/h2-9H,1H3. The van der Waals surface area contributed by atoms with Gasteiger partial charge in [0.15, 0.2) is 0 Å². The van der Waals surface area contributed by atoms with E-state index in [1.54, 1.807) is 24.3 Å². The van der Waals surface area contributed by atoms with E-state index in [4.69, 9.17) is 4.74 Å². The molecule has 1 heterocycles. The summed E-state index contributed by atoms with van der Waals surface area (Å²) in [6.07, 6.45) is 2.21. The number of aldehydes is 1. The van der Waals surface area contributed by atoms with Crippen LogP contribution in [0, 0.1) is 0 Å². The van der Waals surface area contributed by atoms with Gasteiger partial charge in [0, 0.05) is 17.8 Å². The molecule has 0 N–H and O–H groups in total. The number of pyridine rings is 1. The van der Waals surface area contributed by atoms with Gasteiger partial charge < -0.3 is 9.47 Å². The van der Waals surface area contributed by atoms with Gasteiger partial charge in [-0.05, 0) is 30.3 Å². The molecule has 0 unspecified atom stereocenters. The first-order valence-electron chi connectivity index (χ1n) is 5.50. The zero-order valence-electron chi connectivity index (χ0n) is 10.2. The highest BCUT2D eigenvalue weighted by atomic mass is 16.5. The summed E-state index contributed by atoms with van der Waals surface area (Å²) in [4.78, 5) is 25.9. The lowest BCUT2D eigenvalue weighted by molar-refractivity contribution is 0.0600. The van der Waals surface area contributed by atoms with Gasteiger partial charge in [0.2, 0.25) is 5.88 Å². The van der Waals surface area contributed by atoms with Crippen LogP contribution in [0.2, 0.25) is 0 Å². The van der Waals surface area contributed by atoms with Crippen LogP contribution in [0.5, 0.6) is 11.6 Å². The number of rotatable bonds is 4. The normalized spacial score (nSPS) is 9.74. The summed E-state index contributed by atoms with van der Waals surface area (Å²) in [6.45, 7) is 0. The van der Waals surface area contributed by atoms with Crippen molar-refractivity contribution < 1.29 is 19.1 Å². The van der Waals surface area contributed by atoms with Crippen molar-refractivity contribution in [3.8, 4) is 11.6 Å². The summed E-state index contributed by atoms with van der Waals surface area (Å²) in [5.41, 5.74) is 0.917. The minimum Gasteiger partial charge on any atom is -0.465 e. The Bertz CT molecular complexity index is 593. The molecule has 0 fully saturated rings. The third-order valence-electron chi connectivity index (χ3n) is 2.39. The van der Waals surface area contributed by atoms with Crippen LogP contribution in [0.4, 0.5) is 0 Å². The topological polar surface area (TPSA) is 65.5 Å². The molecule has 1 aromatic carbocycles. The number of carbonyl (C=O) groups excluding carboxylic acids is 2. The molecule has 0 saturated heterocycles. The number of hydrogen-bond donors (Lipinski definition) is 0. The van der Waals surface area contributed by atoms with Crippen LogP contribution in [-0.4, -0.2) is 24.3 Å². The van der Waals surface area contributed by atoms with Crippen LogP contribution in [0.1, 0.15) is 20.7 Å². The lowest BCUT2D eigenvalue weighted by atomic mass is 10.2. The third kappa shape index (κ3) is 3.16. The average Bonchev–Trinajstić information content (AvgIpc) is 2.47. The van der Waals surface area contributed by atoms with Crippen molar-refractivity contribution in [2.24, 2.45) is 0 Å². The smallest absolute Gasteiger partial charge is 0.338 e. The van der Waals surface area contributed by atoms with E-state index in [1.165, 1.54) is 25.4 Å². The largest absolute Gasteiger partial charge is 0.465 e. The molecule has 0 saturated carbocycles. The second kappa shape index (κ2) is 5.77. The lowest BCUT2D eigenvalue weighted by Crippen LogP contribution is -2.01. The van der Waals surface area contributed by atoms with E-state index in [2.05, 4.69) is 9.72 Å². The van der Waals surface area contributed by atoms with Crippen molar-refractivity contribution in [1.29, 1.82) is 0 Å². The minimum atomic E-state index is -0.455. The van der Waals surface area contributed by atoms with Gasteiger partial charge in [0.25, 0.3) is 0 Å². The Labute approximate surface area is 109 Å².